The summed E-state index contributed by atoms with van der Waals surface area (Å²) in [4.78, 5) is 56.3. The van der Waals surface area contributed by atoms with E-state index in [-0.39, 0.29) is 23.7 Å². The second kappa shape index (κ2) is 10.1. The highest BCUT2D eigenvalue weighted by molar-refractivity contribution is 6.13. The van der Waals surface area contributed by atoms with Crippen LogP contribution < -0.4 is 5.43 Å². The number of phenolic OH excluding ortho intramolecular Hbond substituents is 1. The number of nitrogens with one attached hydrogen (secondary N) is 1. The first-order valence-corrected chi connectivity index (χ1v) is 15.5. The fourth-order valence-corrected chi connectivity index (χ4v) is 8.63. The van der Waals surface area contributed by atoms with Crippen LogP contribution in [0.2, 0.25) is 0 Å². The summed E-state index contributed by atoms with van der Waals surface area (Å²) in [5.41, 5.74) is 4.96. The Labute approximate surface area is 264 Å². The van der Waals surface area contributed by atoms with Crippen LogP contribution in [0.4, 0.5) is 5.69 Å². The molecular weight excluding hydrogens is 582 g/mol. The van der Waals surface area contributed by atoms with Gasteiger partial charge < -0.3 is 5.11 Å². The van der Waals surface area contributed by atoms with Crippen molar-refractivity contribution in [3.63, 3.8) is 0 Å². The van der Waals surface area contributed by atoms with Crippen LogP contribution in [0.3, 0.4) is 0 Å². The van der Waals surface area contributed by atoms with Crippen LogP contribution in [0.15, 0.2) is 103 Å². The van der Waals surface area contributed by atoms with E-state index in [2.05, 4.69) is 5.43 Å². The van der Waals surface area contributed by atoms with Crippen LogP contribution >= 0.6 is 0 Å². The topological polar surface area (TPSA) is 127 Å². The van der Waals surface area contributed by atoms with Crippen LogP contribution in [0.5, 0.6) is 5.75 Å². The normalized spacial score (nSPS) is 28.7. The molecule has 2 saturated heterocycles. The summed E-state index contributed by atoms with van der Waals surface area (Å²) in [5, 5.41) is 25.0. The van der Waals surface area contributed by atoms with Gasteiger partial charge in [-0.05, 0) is 60.2 Å². The van der Waals surface area contributed by atoms with Gasteiger partial charge in [0, 0.05) is 11.5 Å². The summed E-state index contributed by atoms with van der Waals surface area (Å²) in [5.74, 6) is -6.46. The quantitative estimate of drug-likeness (QED) is 0.164. The summed E-state index contributed by atoms with van der Waals surface area (Å²) in [7, 11) is 0. The van der Waals surface area contributed by atoms with Crippen LogP contribution in [0.25, 0.3) is 10.8 Å². The number of carbonyl (C=O) groups excluding carboxylic acids is 4. The first-order valence-electron chi connectivity index (χ1n) is 15.5. The fraction of sp³-hybridized carbons (Fsp3) is 0.243. The molecule has 9 nitrogen and oxygen atoms in total. The lowest BCUT2D eigenvalue weighted by atomic mass is 9.48. The molecule has 6 atom stereocenters. The standard InChI is InChI=1S/C37H31N3O6/c1-20-11-14-23(15-12-20)38-39-34(43)28-19-27-25(16-17-26-30(27)35(44)40(46)33(26)42)32(37(28,36(39)45)22-8-3-2-4-9-22)31-24-10-6-5-7-21(24)13-18-29(31)41/h2-16,18,26-28,30,32,38,41,46H,17,19H2,1H3. The zero-order chi connectivity index (χ0) is 31.9. The Morgan fingerprint density at radius 2 is 1.52 bits per heavy atom. The Morgan fingerprint density at radius 1 is 0.804 bits per heavy atom. The monoisotopic (exact) mass is 613 g/mol. The van der Waals surface area contributed by atoms with Crippen LogP contribution in [-0.4, -0.2) is 44.0 Å². The van der Waals surface area contributed by atoms with E-state index in [1.807, 2.05) is 85.8 Å². The van der Waals surface area contributed by atoms with Gasteiger partial charge in [-0.3, -0.25) is 29.8 Å². The molecule has 1 saturated carbocycles. The van der Waals surface area contributed by atoms with Crippen molar-refractivity contribution in [1.82, 2.24) is 10.1 Å². The Hall–Kier alpha value is -5.28. The summed E-state index contributed by atoms with van der Waals surface area (Å²) < 4.78 is 0. The largest absolute Gasteiger partial charge is 0.508 e. The first-order chi connectivity index (χ1) is 22.2. The van der Waals surface area contributed by atoms with Crippen molar-refractivity contribution in [1.29, 1.82) is 0 Å². The average Bonchev–Trinajstić information content (AvgIpc) is 3.43. The maximum atomic E-state index is 15.2. The molecule has 0 bridgehead atoms. The van der Waals surface area contributed by atoms with Crippen molar-refractivity contribution in [2.45, 2.75) is 31.1 Å². The number of imide groups is 2. The highest BCUT2D eigenvalue weighted by atomic mass is 16.5. The van der Waals surface area contributed by atoms with Crippen molar-refractivity contribution in [2.75, 3.05) is 5.43 Å². The number of nitrogens with zero attached hydrogens (tertiary/aromatic N) is 2. The Balaban J connectivity index is 1.42. The molecule has 4 amide bonds. The molecular formula is C37H31N3O6. The minimum Gasteiger partial charge on any atom is -0.508 e. The summed E-state index contributed by atoms with van der Waals surface area (Å²) in [6, 6.07) is 27.5. The number of aryl methyl sites for hydroxylation is 1. The van der Waals surface area contributed by atoms with Crippen molar-refractivity contribution >= 4 is 40.1 Å². The molecule has 230 valence electrons. The number of allylic oxidation sites excluding steroid dienone is 2. The van der Waals surface area contributed by atoms with Crippen molar-refractivity contribution < 1.29 is 29.5 Å². The molecule has 6 unspecified atom stereocenters. The van der Waals surface area contributed by atoms with Gasteiger partial charge in [0.15, 0.2) is 0 Å². The predicted octanol–water partition coefficient (Wildman–Crippen LogP) is 5.23. The molecule has 0 spiro atoms. The third-order valence-electron chi connectivity index (χ3n) is 10.6. The number of benzene rings is 4. The molecule has 0 radical (unpaired) electrons. The van der Waals surface area contributed by atoms with Gasteiger partial charge in [-0.2, -0.15) is 10.1 Å². The number of hydrazine groups is 1. The molecule has 2 heterocycles. The minimum atomic E-state index is -1.50. The molecule has 4 aromatic rings. The fourth-order valence-electron chi connectivity index (χ4n) is 8.63. The van der Waals surface area contributed by atoms with Gasteiger partial charge >= 0.3 is 0 Å². The molecule has 4 aliphatic rings. The second-order valence-electron chi connectivity index (χ2n) is 12.8. The molecule has 8 rings (SSSR count). The Bertz CT molecular complexity index is 1990. The van der Waals surface area contributed by atoms with E-state index in [0.717, 1.165) is 16.0 Å². The molecule has 46 heavy (non-hydrogen) atoms. The van der Waals surface area contributed by atoms with Gasteiger partial charge in [0.05, 0.1) is 28.9 Å². The number of fused-ring (bicyclic) bond motifs is 5. The number of phenols is 1. The van der Waals surface area contributed by atoms with Crippen LogP contribution in [-0.2, 0) is 24.6 Å². The molecule has 2 aliphatic carbocycles. The van der Waals surface area contributed by atoms with E-state index in [4.69, 9.17) is 0 Å². The van der Waals surface area contributed by atoms with Gasteiger partial charge in [-0.1, -0.05) is 90.0 Å². The van der Waals surface area contributed by atoms with E-state index in [1.54, 1.807) is 18.2 Å². The van der Waals surface area contributed by atoms with E-state index in [0.29, 0.717) is 27.8 Å². The average molecular weight is 614 g/mol. The van der Waals surface area contributed by atoms with E-state index < -0.39 is 58.6 Å². The lowest BCUT2D eigenvalue weighted by Crippen LogP contribution is -2.53. The number of rotatable bonds is 4. The predicted molar refractivity (Wildman–Crippen MR) is 168 cm³/mol. The summed E-state index contributed by atoms with van der Waals surface area (Å²) in [6.45, 7) is 1.95. The number of anilines is 1. The highest BCUT2D eigenvalue weighted by Gasteiger charge is 2.70. The SMILES string of the molecule is Cc1ccc(NN2C(=O)C3CC4C(=CCC5C(=O)N(O)C(=O)C54)C(c4c(O)ccc5ccccc45)C3(c3ccccc3)C2=O)cc1. The number of amides is 4. The maximum Gasteiger partial charge on any atom is 0.260 e. The van der Waals surface area contributed by atoms with Gasteiger partial charge in [-0.15, -0.1) is 0 Å². The number of hydroxylamine groups is 2. The number of hydrogen-bond acceptors (Lipinski definition) is 7. The second-order valence-corrected chi connectivity index (χ2v) is 12.8. The Kier molecular flexibility index (Phi) is 6.20. The molecule has 0 aromatic heterocycles. The van der Waals surface area contributed by atoms with Gasteiger partial charge in [0.2, 0.25) is 0 Å². The molecule has 2 aliphatic heterocycles. The van der Waals surface area contributed by atoms with Gasteiger partial charge in [0.1, 0.15) is 5.75 Å². The van der Waals surface area contributed by atoms with E-state index in [9.17, 15) is 24.7 Å². The molecule has 3 fully saturated rings. The smallest absolute Gasteiger partial charge is 0.260 e. The first kappa shape index (κ1) is 28.2. The molecule has 3 N–H and O–H groups in total. The summed E-state index contributed by atoms with van der Waals surface area (Å²) in [6.07, 6.45) is 2.19. The van der Waals surface area contributed by atoms with E-state index in [1.165, 1.54) is 0 Å². The lowest BCUT2D eigenvalue weighted by Gasteiger charge is -2.50. The molecule has 9 heteroatoms. The van der Waals surface area contributed by atoms with Crippen molar-refractivity contribution in [2.24, 2.45) is 23.7 Å². The molecule has 4 aromatic carbocycles. The van der Waals surface area contributed by atoms with Crippen molar-refractivity contribution in [3.05, 3.63) is 119 Å². The number of carbonyl (C=O) groups is 4. The van der Waals surface area contributed by atoms with Crippen molar-refractivity contribution in [3.8, 4) is 5.75 Å². The van der Waals surface area contributed by atoms with Crippen LogP contribution in [0.1, 0.15) is 35.4 Å². The number of hydrogen-bond donors (Lipinski definition) is 3. The zero-order valence-electron chi connectivity index (χ0n) is 25.0. The lowest BCUT2D eigenvalue weighted by molar-refractivity contribution is -0.173. The number of aromatic hydroxyl groups is 1. The third kappa shape index (κ3) is 3.72. The van der Waals surface area contributed by atoms with Crippen LogP contribution in [0, 0.1) is 30.6 Å². The summed E-state index contributed by atoms with van der Waals surface area (Å²) >= 11 is 0. The van der Waals surface area contributed by atoms with Gasteiger partial charge in [-0.25, -0.2) is 0 Å². The van der Waals surface area contributed by atoms with Gasteiger partial charge in [0.25, 0.3) is 23.6 Å². The highest BCUT2D eigenvalue weighted by Crippen LogP contribution is 2.65. The maximum absolute atomic E-state index is 15.2. The Morgan fingerprint density at radius 3 is 2.28 bits per heavy atom. The third-order valence-corrected chi connectivity index (χ3v) is 10.6. The zero-order valence-corrected chi connectivity index (χ0v) is 25.0. The van der Waals surface area contributed by atoms with E-state index >= 15 is 4.79 Å². The minimum absolute atomic E-state index is 0.0377.